The number of benzene rings is 1. The van der Waals surface area contributed by atoms with Crippen LogP contribution < -0.4 is 0 Å². The summed E-state index contributed by atoms with van der Waals surface area (Å²) in [5.74, 6) is 0.803. The molecule has 2 bridgehead atoms. The van der Waals surface area contributed by atoms with Crippen LogP contribution in [-0.4, -0.2) is 43.3 Å². The van der Waals surface area contributed by atoms with Gasteiger partial charge in [0.25, 0.3) is 0 Å². The molecule has 2 heterocycles. The summed E-state index contributed by atoms with van der Waals surface area (Å²) in [6.45, 7) is 0.764. The lowest BCUT2D eigenvalue weighted by molar-refractivity contribution is -0.150. The number of ether oxygens (including phenoxy) is 1. The molecule has 6 atom stereocenters. The molecule has 3 nitrogen and oxygen atoms in total. The van der Waals surface area contributed by atoms with Crippen molar-refractivity contribution in [3.8, 4) is 0 Å². The van der Waals surface area contributed by atoms with E-state index in [1.807, 2.05) is 18.2 Å². The molecule has 0 radical (unpaired) electrons. The molecule has 0 N–H and O–H groups in total. The topological polar surface area (TPSA) is 29.5 Å². The van der Waals surface area contributed by atoms with Gasteiger partial charge in [0.2, 0.25) is 0 Å². The van der Waals surface area contributed by atoms with Crippen LogP contribution in [0, 0.1) is 17.8 Å². The summed E-state index contributed by atoms with van der Waals surface area (Å²) in [7, 11) is 1.50. The predicted molar refractivity (Wildman–Crippen MR) is 97.6 cm³/mol. The molecule has 3 aliphatic rings. The molecule has 4 rings (SSSR count). The Balaban J connectivity index is 0.00000182. The number of methoxy groups -OCH3 is 1. The number of carbonyl (C=O) groups is 1. The third kappa shape index (κ3) is 3.43. The Morgan fingerprint density at radius 2 is 1.96 bits per heavy atom. The zero-order valence-electron chi connectivity index (χ0n) is 14.6. The normalized spacial score (nSPS) is 36.6. The summed E-state index contributed by atoms with van der Waals surface area (Å²) < 4.78 is 18.0. The van der Waals surface area contributed by atoms with Crippen molar-refractivity contribution in [2.45, 2.75) is 43.7 Å². The van der Waals surface area contributed by atoms with Crippen molar-refractivity contribution in [2.24, 2.45) is 17.8 Å². The molecule has 0 amide bonds. The van der Waals surface area contributed by atoms with Crippen LogP contribution in [0.25, 0.3) is 0 Å². The predicted octanol–water partition coefficient (Wildman–Crippen LogP) is 3.82. The van der Waals surface area contributed by atoms with Crippen LogP contribution in [0.1, 0.15) is 37.2 Å². The van der Waals surface area contributed by atoms with E-state index < -0.39 is 0 Å². The van der Waals surface area contributed by atoms with E-state index in [2.05, 4.69) is 17.0 Å². The molecule has 2 saturated heterocycles. The van der Waals surface area contributed by atoms with Gasteiger partial charge in [-0.1, -0.05) is 30.3 Å². The molecule has 1 aliphatic carbocycles. The Kier molecular flexibility index (Phi) is 5.69. The number of nitrogens with zero attached hydrogens (tertiary/aromatic N) is 1. The van der Waals surface area contributed by atoms with Crippen LogP contribution in [0.5, 0.6) is 0 Å². The fourth-order valence-corrected chi connectivity index (χ4v) is 5.09. The van der Waals surface area contributed by atoms with Crippen molar-refractivity contribution in [1.82, 2.24) is 4.90 Å². The highest BCUT2D eigenvalue weighted by Gasteiger charge is 2.52. The molecule has 2 aliphatic heterocycles. The molecule has 5 heteroatoms. The Hall–Kier alpha value is -1.13. The molecule has 1 saturated carbocycles. The number of halogens is 2. The quantitative estimate of drug-likeness (QED) is 0.741. The van der Waals surface area contributed by atoms with Crippen LogP contribution in [0.4, 0.5) is 4.39 Å². The first-order valence-corrected chi connectivity index (χ1v) is 9.17. The number of esters is 1. The van der Waals surface area contributed by atoms with Crippen molar-refractivity contribution in [2.75, 3.05) is 20.3 Å². The monoisotopic (exact) mass is 367 g/mol. The summed E-state index contributed by atoms with van der Waals surface area (Å²) in [4.78, 5) is 15.1. The maximum Gasteiger partial charge on any atom is 0.310 e. The van der Waals surface area contributed by atoms with Gasteiger partial charge in [-0.25, -0.2) is 0 Å². The second kappa shape index (κ2) is 7.63. The molecular weight excluding hydrogens is 341 g/mol. The van der Waals surface area contributed by atoms with Gasteiger partial charge in [-0.05, 0) is 43.1 Å². The number of carbonyl (C=O) groups excluding carboxylic acids is 1. The van der Waals surface area contributed by atoms with Crippen LogP contribution in [0.3, 0.4) is 0 Å². The molecule has 138 valence electrons. The Labute approximate surface area is 155 Å². The maximum absolute atomic E-state index is 12.8. The van der Waals surface area contributed by atoms with Crippen molar-refractivity contribution in [3.05, 3.63) is 35.9 Å². The molecular formula is C20H27ClFNO2. The first kappa shape index (κ1) is 18.7. The summed E-state index contributed by atoms with van der Waals surface area (Å²) in [5, 5.41) is 0. The Bertz CT molecular complexity index is 599. The number of fused-ring (bicyclic) bond motifs is 2. The highest BCUT2D eigenvalue weighted by Crippen LogP contribution is 2.50. The lowest BCUT2D eigenvalue weighted by Crippen LogP contribution is -2.51. The average molecular weight is 368 g/mol. The van der Waals surface area contributed by atoms with Gasteiger partial charge in [0.05, 0.1) is 19.7 Å². The van der Waals surface area contributed by atoms with Gasteiger partial charge in [-0.3, -0.25) is 14.1 Å². The summed E-state index contributed by atoms with van der Waals surface area (Å²) >= 11 is 0. The van der Waals surface area contributed by atoms with E-state index in [0.29, 0.717) is 12.0 Å². The smallest absolute Gasteiger partial charge is 0.310 e. The molecule has 1 aromatic rings. The van der Waals surface area contributed by atoms with Gasteiger partial charge >= 0.3 is 5.97 Å². The Morgan fingerprint density at radius 1 is 1.20 bits per heavy atom. The van der Waals surface area contributed by atoms with Crippen molar-refractivity contribution >= 4 is 18.4 Å². The lowest BCUT2D eigenvalue weighted by Gasteiger charge is -2.44. The van der Waals surface area contributed by atoms with E-state index in [1.54, 1.807) is 0 Å². The number of rotatable bonds is 5. The second-order valence-electron chi connectivity index (χ2n) is 7.71. The van der Waals surface area contributed by atoms with Crippen molar-refractivity contribution < 1.29 is 13.9 Å². The highest BCUT2D eigenvalue weighted by atomic mass is 35.5. The molecule has 0 aromatic heterocycles. The number of piperidine rings is 1. The van der Waals surface area contributed by atoms with Crippen molar-refractivity contribution in [3.63, 3.8) is 0 Å². The fourth-order valence-electron chi connectivity index (χ4n) is 5.09. The number of hydrogen-bond acceptors (Lipinski definition) is 3. The van der Waals surface area contributed by atoms with Gasteiger partial charge in [-0.15, -0.1) is 12.4 Å². The summed E-state index contributed by atoms with van der Waals surface area (Å²) in [5.41, 5.74) is 1.25. The minimum absolute atomic E-state index is 0. The fraction of sp³-hybridized carbons (Fsp3) is 0.650. The SMILES string of the molecule is COC(=O)[C@H]1[C@@H](c2ccccc2)C[C@@H]2CC[C@H]1N2C[C@H]1C[C@@H]1CF.Cl. The van der Waals surface area contributed by atoms with Crippen LogP contribution in [0.15, 0.2) is 30.3 Å². The van der Waals surface area contributed by atoms with Crippen molar-refractivity contribution in [1.29, 1.82) is 0 Å². The van der Waals surface area contributed by atoms with Gasteiger partial charge in [-0.2, -0.15) is 0 Å². The first-order chi connectivity index (χ1) is 11.7. The maximum atomic E-state index is 12.8. The standard InChI is InChI=1S/C20H26FNO2.ClH/c1-24-20(23)19-17(13-5-3-2-4-6-13)10-16-7-8-18(19)22(16)12-15-9-14(15)11-21;/h2-6,14-19H,7-12H2,1H3;1H/t14-,15-,16+,17-,18-,19+;/m1./s1. The largest absolute Gasteiger partial charge is 0.469 e. The third-order valence-electron chi connectivity index (χ3n) is 6.48. The van der Waals surface area contributed by atoms with E-state index in [0.717, 1.165) is 32.2 Å². The van der Waals surface area contributed by atoms with E-state index in [9.17, 15) is 9.18 Å². The number of alkyl halides is 1. The summed E-state index contributed by atoms with van der Waals surface area (Å²) in [6, 6.07) is 11.2. The lowest BCUT2D eigenvalue weighted by atomic mass is 9.76. The van der Waals surface area contributed by atoms with Gasteiger partial charge < -0.3 is 4.74 Å². The minimum atomic E-state index is -0.194. The van der Waals surface area contributed by atoms with Gasteiger partial charge in [0, 0.05) is 24.5 Å². The third-order valence-corrected chi connectivity index (χ3v) is 6.48. The average Bonchev–Trinajstić information content (AvgIpc) is 3.32. The van der Waals surface area contributed by atoms with E-state index in [1.165, 1.54) is 12.7 Å². The zero-order chi connectivity index (χ0) is 16.7. The van der Waals surface area contributed by atoms with Crippen LogP contribution in [-0.2, 0) is 9.53 Å². The first-order valence-electron chi connectivity index (χ1n) is 9.17. The highest BCUT2D eigenvalue weighted by molar-refractivity contribution is 5.85. The molecule has 0 unspecified atom stereocenters. The van der Waals surface area contributed by atoms with Gasteiger partial charge in [0.15, 0.2) is 0 Å². The second-order valence-corrected chi connectivity index (χ2v) is 7.71. The minimum Gasteiger partial charge on any atom is -0.469 e. The van der Waals surface area contributed by atoms with E-state index in [4.69, 9.17) is 4.74 Å². The van der Waals surface area contributed by atoms with E-state index in [-0.39, 0.29) is 48.8 Å². The molecule has 1 aromatic carbocycles. The van der Waals surface area contributed by atoms with Crippen LogP contribution >= 0.6 is 12.4 Å². The summed E-state index contributed by atoms with van der Waals surface area (Å²) in [6.07, 6.45) is 4.22. The number of hydrogen-bond donors (Lipinski definition) is 0. The Morgan fingerprint density at radius 3 is 2.60 bits per heavy atom. The zero-order valence-corrected chi connectivity index (χ0v) is 15.5. The van der Waals surface area contributed by atoms with Crippen LogP contribution in [0.2, 0.25) is 0 Å². The van der Waals surface area contributed by atoms with Gasteiger partial charge in [0.1, 0.15) is 0 Å². The van der Waals surface area contributed by atoms with E-state index >= 15 is 0 Å². The molecule has 3 fully saturated rings. The molecule has 25 heavy (non-hydrogen) atoms. The molecule has 0 spiro atoms.